The lowest BCUT2D eigenvalue weighted by molar-refractivity contribution is -0.125. The van der Waals surface area contributed by atoms with Gasteiger partial charge in [-0.2, -0.15) is 0 Å². The minimum Gasteiger partial charge on any atom is -0.352 e. The standard InChI is InChI=1S/C19H22FN3O2/c1-12(13(2)21)18(24)22-11-14-3-5-15(6-4-14)19(25)23-17-9-7-16(20)8-10-17/h3-10,12-13H,11,21H2,1-2H3,(H,22,24)(H,23,25). The van der Waals surface area contributed by atoms with Crippen molar-refractivity contribution in [2.24, 2.45) is 11.7 Å². The number of carbonyl (C=O) groups excluding carboxylic acids is 2. The highest BCUT2D eigenvalue weighted by Gasteiger charge is 2.16. The number of hydrogen-bond acceptors (Lipinski definition) is 3. The molecule has 4 N–H and O–H groups in total. The van der Waals surface area contributed by atoms with E-state index in [4.69, 9.17) is 5.73 Å². The average molecular weight is 343 g/mol. The SMILES string of the molecule is CC(N)C(C)C(=O)NCc1ccc(C(=O)Nc2ccc(F)cc2)cc1. The van der Waals surface area contributed by atoms with Crippen LogP contribution in [0.1, 0.15) is 29.8 Å². The molecule has 0 saturated heterocycles. The van der Waals surface area contributed by atoms with Gasteiger partial charge in [0.15, 0.2) is 0 Å². The molecule has 0 spiro atoms. The van der Waals surface area contributed by atoms with Gasteiger partial charge in [0, 0.05) is 29.8 Å². The summed E-state index contributed by atoms with van der Waals surface area (Å²) >= 11 is 0. The first-order chi connectivity index (χ1) is 11.9. The third kappa shape index (κ3) is 5.39. The maximum absolute atomic E-state index is 12.9. The number of rotatable bonds is 6. The lowest BCUT2D eigenvalue weighted by Gasteiger charge is -2.15. The van der Waals surface area contributed by atoms with Gasteiger partial charge in [0.2, 0.25) is 5.91 Å². The van der Waals surface area contributed by atoms with E-state index in [9.17, 15) is 14.0 Å². The molecule has 0 fully saturated rings. The molecule has 2 rings (SSSR count). The maximum Gasteiger partial charge on any atom is 0.255 e. The molecule has 0 aliphatic heterocycles. The van der Waals surface area contributed by atoms with E-state index in [1.54, 1.807) is 38.1 Å². The Bertz CT molecular complexity index is 727. The summed E-state index contributed by atoms with van der Waals surface area (Å²) in [6, 6.07) is 12.2. The van der Waals surface area contributed by atoms with Crippen LogP contribution >= 0.6 is 0 Å². The summed E-state index contributed by atoms with van der Waals surface area (Å²) in [5.41, 5.74) is 7.58. The molecule has 0 heterocycles. The van der Waals surface area contributed by atoms with Gasteiger partial charge in [-0.1, -0.05) is 19.1 Å². The van der Waals surface area contributed by atoms with E-state index in [-0.39, 0.29) is 29.6 Å². The minimum atomic E-state index is -0.359. The van der Waals surface area contributed by atoms with Crippen molar-refractivity contribution in [3.63, 3.8) is 0 Å². The van der Waals surface area contributed by atoms with Crippen molar-refractivity contribution in [3.05, 3.63) is 65.5 Å². The van der Waals surface area contributed by atoms with Gasteiger partial charge in [-0.15, -0.1) is 0 Å². The Labute approximate surface area is 146 Å². The van der Waals surface area contributed by atoms with Crippen molar-refractivity contribution in [1.82, 2.24) is 5.32 Å². The highest BCUT2D eigenvalue weighted by molar-refractivity contribution is 6.04. The zero-order chi connectivity index (χ0) is 18.4. The Balaban J connectivity index is 1.91. The Hall–Kier alpha value is -2.73. The second kappa shape index (κ2) is 8.39. The van der Waals surface area contributed by atoms with Crippen LogP contribution in [-0.4, -0.2) is 17.9 Å². The summed E-state index contributed by atoms with van der Waals surface area (Å²) in [5, 5.41) is 5.51. The lowest BCUT2D eigenvalue weighted by Crippen LogP contribution is -2.38. The highest BCUT2D eigenvalue weighted by atomic mass is 19.1. The minimum absolute atomic E-state index is 0.104. The lowest BCUT2D eigenvalue weighted by atomic mass is 10.0. The molecule has 25 heavy (non-hydrogen) atoms. The van der Waals surface area contributed by atoms with E-state index in [2.05, 4.69) is 10.6 Å². The van der Waals surface area contributed by atoms with Gasteiger partial charge in [-0.3, -0.25) is 9.59 Å². The van der Waals surface area contributed by atoms with Crippen LogP contribution in [0.25, 0.3) is 0 Å². The molecule has 0 aliphatic carbocycles. The van der Waals surface area contributed by atoms with Crippen LogP contribution in [0, 0.1) is 11.7 Å². The smallest absolute Gasteiger partial charge is 0.255 e. The van der Waals surface area contributed by atoms with E-state index in [1.807, 2.05) is 0 Å². The Morgan fingerprint density at radius 3 is 2.20 bits per heavy atom. The van der Waals surface area contributed by atoms with Crippen LogP contribution in [0.15, 0.2) is 48.5 Å². The van der Waals surface area contributed by atoms with Crippen molar-refractivity contribution in [3.8, 4) is 0 Å². The number of carbonyl (C=O) groups is 2. The molecule has 0 aliphatic rings. The second-order valence-electron chi connectivity index (χ2n) is 6.02. The van der Waals surface area contributed by atoms with Gasteiger partial charge in [0.25, 0.3) is 5.91 Å². The van der Waals surface area contributed by atoms with Crippen molar-refractivity contribution in [2.75, 3.05) is 5.32 Å². The number of benzene rings is 2. The quantitative estimate of drug-likeness (QED) is 0.754. The van der Waals surface area contributed by atoms with Crippen LogP contribution in [-0.2, 0) is 11.3 Å². The van der Waals surface area contributed by atoms with Crippen molar-refractivity contribution >= 4 is 17.5 Å². The van der Waals surface area contributed by atoms with Crippen molar-refractivity contribution in [2.45, 2.75) is 26.4 Å². The fraction of sp³-hybridized carbons (Fsp3) is 0.263. The van der Waals surface area contributed by atoms with Gasteiger partial charge < -0.3 is 16.4 Å². The maximum atomic E-state index is 12.9. The Kier molecular flexibility index (Phi) is 6.25. The van der Waals surface area contributed by atoms with Crippen LogP contribution < -0.4 is 16.4 Å². The number of hydrogen-bond donors (Lipinski definition) is 3. The van der Waals surface area contributed by atoms with Gasteiger partial charge in [0.05, 0.1) is 0 Å². The van der Waals surface area contributed by atoms with Crippen LogP contribution in [0.4, 0.5) is 10.1 Å². The Morgan fingerprint density at radius 2 is 1.64 bits per heavy atom. The van der Waals surface area contributed by atoms with E-state index < -0.39 is 0 Å². The number of anilines is 1. The second-order valence-corrected chi connectivity index (χ2v) is 6.02. The Morgan fingerprint density at radius 1 is 1.04 bits per heavy atom. The monoisotopic (exact) mass is 343 g/mol. The zero-order valence-corrected chi connectivity index (χ0v) is 14.3. The van der Waals surface area contributed by atoms with Gasteiger partial charge in [-0.25, -0.2) is 4.39 Å². The predicted octanol–water partition coefficient (Wildman–Crippen LogP) is 2.68. The third-order valence-corrected chi connectivity index (χ3v) is 3.99. The number of nitrogens with one attached hydrogen (secondary N) is 2. The molecule has 6 heteroatoms. The molecular formula is C19H22FN3O2. The molecule has 2 aromatic carbocycles. The summed E-state index contributed by atoms with van der Waals surface area (Å²) in [6.07, 6.45) is 0. The third-order valence-electron chi connectivity index (χ3n) is 3.99. The van der Waals surface area contributed by atoms with Crippen LogP contribution in [0.3, 0.4) is 0 Å². The summed E-state index contributed by atoms with van der Waals surface area (Å²) in [4.78, 5) is 24.0. The van der Waals surface area contributed by atoms with Crippen molar-refractivity contribution < 1.29 is 14.0 Å². The summed E-state index contributed by atoms with van der Waals surface area (Å²) < 4.78 is 12.9. The molecule has 0 saturated carbocycles. The van der Waals surface area contributed by atoms with Gasteiger partial charge in [-0.05, 0) is 48.9 Å². The number of halogens is 1. The van der Waals surface area contributed by atoms with Crippen LogP contribution in [0.5, 0.6) is 0 Å². The first-order valence-electron chi connectivity index (χ1n) is 8.06. The van der Waals surface area contributed by atoms with E-state index in [1.165, 1.54) is 24.3 Å². The fourth-order valence-corrected chi connectivity index (χ4v) is 2.10. The van der Waals surface area contributed by atoms with E-state index in [0.717, 1.165) is 5.56 Å². The first kappa shape index (κ1) is 18.6. The molecule has 0 bridgehead atoms. The topological polar surface area (TPSA) is 84.2 Å². The van der Waals surface area contributed by atoms with Gasteiger partial charge >= 0.3 is 0 Å². The summed E-state index contributed by atoms with van der Waals surface area (Å²) in [7, 11) is 0. The normalized spacial score (nSPS) is 13.0. The zero-order valence-electron chi connectivity index (χ0n) is 14.3. The number of nitrogens with two attached hydrogens (primary N) is 1. The molecule has 5 nitrogen and oxygen atoms in total. The van der Waals surface area contributed by atoms with E-state index >= 15 is 0 Å². The first-order valence-corrected chi connectivity index (χ1v) is 8.06. The molecule has 2 atom stereocenters. The molecule has 2 aromatic rings. The van der Waals surface area contributed by atoms with Crippen molar-refractivity contribution in [1.29, 1.82) is 0 Å². The molecule has 2 amide bonds. The fourth-order valence-electron chi connectivity index (χ4n) is 2.10. The molecule has 132 valence electrons. The largest absolute Gasteiger partial charge is 0.352 e. The van der Waals surface area contributed by atoms with Gasteiger partial charge in [0.1, 0.15) is 5.82 Å². The molecular weight excluding hydrogens is 321 g/mol. The van der Waals surface area contributed by atoms with Crippen LogP contribution in [0.2, 0.25) is 0 Å². The molecule has 0 radical (unpaired) electrons. The number of amides is 2. The molecule has 0 aromatic heterocycles. The summed E-state index contributed by atoms with van der Waals surface area (Å²) in [6.45, 7) is 3.94. The molecule has 2 unspecified atom stereocenters. The predicted molar refractivity (Wildman–Crippen MR) is 95.5 cm³/mol. The summed E-state index contributed by atoms with van der Waals surface area (Å²) in [5.74, 6) is -1.01. The highest BCUT2D eigenvalue weighted by Crippen LogP contribution is 2.11. The van der Waals surface area contributed by atoms with E-state index in [0.29, 0.717) is 17.8 Å². The average Bonchev–Trinajstić information content (AvgIpc) is 2.61.